The number of rotatable bonds is 3. The third-order valence-electron chi connectivity index (χ3n) is 3.07. The first-order valence-corrected chi connectivity index (χ1v) is 6.36. The maximum Gasteiger partial charge on any atom is 0.325 e. The summed E-state index contributed by atoms with van der Waals surface area (Å²) in [6, 6.07) is 5.57. The predicted octanol–water partition coefficient (Wildman–Crippen LogP) is 0.308. The van der Waals surface area contributed by atoms with Crippen molar-refractivity contribution < 1.29 is 19.8 Å². The highest BCUT2D eigenvalue weighted by Gasteiger charge is 2.25. The fourth-order valence-corrected chi connectivity index (χ4v) is 2.06. The van der Waals surface area contributed by atoms with Crippen molar-refractivity contribution in [2.45, 2.75) is 0 Å². The smallest absolute Gasteiger partial charge is 0.325 e. The van der Waals surface area contributed by atoms with Crippen LogP contribution in [0.5, 0.6) is 5.75 Å². The average molecular weight is 279 g/mol. The lowest BCUT2D eigenvalue weighted by Crippen LogP contribution is -2.52. The van der Waals surface area contributed by atoms with Gasteiger partial charge in [0.15, 0.2) is 0 Å². The second kappa shape index (κ2) is 6.25. The van der Waals surface area contributed by atoms with Crippen LogP contribution < -0.4 is 10.2 Å². The Morgan fingerprint density at radius 2 is 1.80 bits per heavy atom. The van der Waals surface area contributed by atoms with E-state index in [-0.39, 0.29) is 11.8 Å². The summed E-state index contributed by atoms with van der Waals surface area (Å²) in [4.78, 5) is 26.2. The average Bonchev–Trinajstić information content (AvgIpc) is 2.46. The number of amides is 2. The van der Waals surface area contributed by atoms with E-state index in [1.54, 1.807) is 4.90 Å². The lowest BCUT2D eigenvalue weighted by atomic mass is 10.2. The lowest BCUT2D eigenvalue weighted by molar-refractivity contribution is -0.135. The highest BCUT2D eigenvalue weighted by Crippen LogP contribution is 2.19. The maximum absolute atomic E-state index is 12.4. The first-order valence-electron chi connectivity index (χ1n) is 6.36. The summed E-state index contributed by atoms with van der Waals surface area (Å²) in [5.41, 5.74) is 0.453. The number of nitrogens with zero attached hydrogens (tertiary/aromatic N) is 2. The topological polar surface area (TPSA) is 93.1 Å². The van der Waals surface area contributed by atoms with Gasteiger partial charge in [-0.05, 0) is 24.3 Å². The van der Waals surface area contributed by atoms with E-state index in [1.807, 2.05) is 0 Å². The van der Waals surface area contributed by atoms with E-state index in [1.165, 1.54) is 29.2 Å². The molecule has 0 atom stereocenters. The molecule has 0 aliphatic carbocycles. The molecule has 0 saturated carbocycles. The van der Waals surface area contributed by atoms with Crippen LogP contribution in [0.15, 0.2) is 24.3 Å². The Labute approximate surface area is 116 Å². The number of carbonyl (C=O) groups excluding carboxylic acids is 1. The minimum Gasteiger partial charge on any atom is -0.508 e. The standard InChI is InChI=1S/C13H17N3O4/c17-11-3-1-10(2-4-11)16(9-12(18)19)13(20)15-7-5-14-6-8-15/h1-4,14,17H,5-9H2,(H,18,19). The molecule has 1 aromatic rings. The minimum atomic E-state index is -1.08. The zero-order valence-corrected chi connectivity index (χ0v) is 11.0. The number of carboxylic acids is 1. The molecular formula is C13H17N3O4. The number of carboxylic acid groups (broad SMARTS) is 1. The summed E-state index contributed by atoms with van der Waals surface area (Å²) in [7, 11) is 0. The molecule has 108 valence electrons. The highest BCUT2D eigenvalue weighted by atomic mass is 16.4. The number of urea groups is 1. The molecule has 2 rings (SSSR count). The summed E-state index contributed by atoms with van der Waals surface area (Å²) in [5, 5.41) is 21.4. The van der Waals surface area contributed by atoms with Gasteiger partial charge in [0.25, 0.3) is 0 Å². The number of aromatic hydroxyl groups is 1. The van der Waals surface area contributed by atoms with Gasteiger partial charge in [-0.3, -0.25) is 9.69 Å². The summed E-state index contributed by atoms with van der Waals surface area (Å²) < 4.78 is 0. The van der Waals surface area contributed by atoms with Gasteiger partial charge < -0.3 is 20.4 Å². The van der Waals surface area contributed by atoms with Crippen LogP contribution in [0, 0.1) is 0 Å². The molecule has 0 spiro atoms. The van der Waals surface area contributed by atoms with Gasteiger partial charge >= 0.3 is 12.0 Å². The van der Waals surface area contributed by atoms with E-state index in [0.29, 0.717) is 31.9 Å². The molecule has 7 heteroatoms. The Morgan fingerprint density at radius 1 is 1.20 bits per heavy atom. The van der Waals surface area contributed by atoms with Crippen molar-refractivity contribution >= 4 is 17.7 Å². The van der Waals surface area contributed by atoms with Crippen LogP contribution in [0.4, 0.5) is 10.5 Å². The van der Waals surface area contributed by atoms with Crippen molar-refractivity contribution in [3.63, 3.8) is 0 Å². The third-order valence-corrected chi connectivity index (χ3v) is 3.07. The minimum absolute atomic E-state index is 0.0682. The van der Waals surface area contributed by atoms with E-state index in [9.17, 15) is 14.7 Å². The Morgan fingerprint density at radius 3 is 2.35 bits per heavy atom. The fraction of sp³-hybridized carbons (Fsp3) is 0.385. The van der Waals surface area contributed by atoms with Crippen LogP contribution in [-0.4, -0.2) is 59.8 Å². The van der Waals surface area contributed by atoms with Gasteiger partial charge in [0.05, 0.1) is 0 Å². The molecule has 0 radical (unpaired) electrons. The van der Waals surface area contributed by atoms with Gasteiger partial charge in [-0.15, -0.1) is 0 Å². The Hall–Kier alpha value is -2.28. The van der Waals surface area contributed by atoms with E-state index in [0.717, 1.165) is 0 Å². The van der Waals surface area contributed by atoms with Crippen LogP contribution in [0.2, 0.25) is 0 Å². The van der Waals surface area contributed by atoms with Crippen LogP contribution in [0.1, 0.15) is 0 Å². The molecule has 1 fully saturated rings. The number of aliphatic carboxylic acids is 1. The van der Waals surface area contributed by atoms with E-state index in [4.69, 9.17) is 5.11 Å². The molecule has 1 aromatic carbocycles. The first-order chi connectivity index (χ1) is 9.58. The third kappa shape index (κ3) is 3.39. The highest BCUT2D eigenvalue weighted by molar-refractivity contribution is 5.96. The molecule has 0 unspecified atom stereocenters. The van der Waals surface area contributed by atoms with Crippen LogP contribution in [0.3, 0.4) is 0 Å². The van der Waals surface area contributed by atoms with Crippen molar-refractivity contribution in [3.8, 4) is 5.75 Å². The number of phenolic OH excluding ortho intramolecular Hbond substituents is 1. The molecule has 3 N–H and O–H groups in total. The first kappa shape index (κ1) is 14.1. The fourth-order valence-electron chi connectivity index (χ4n) is 2.06. The zero-order valence-electron chi connectivity index (χ0n) is 11.0. The SMILES string of the molecule is O=C(O)CN(C(=O)N1CCNCC1)c1ccc(O)cc1. The Balaban J connectivity index is 2.19. The maximum atomic E-state index is 12.4. The van der Waals surface area contributed by atoms with E-state index < -0.39 is 12.5 Å². The van der Waals surface area contributed by atoms with Gasteiger partial charge in [-0.1, -0.05) is 0 Å². The molecule has 20 heavy (non-hydrogen) atoms. The van der Waals surface area contributed by atoms with E-state index >= 15 is 0 Å². The molecule has 0 aromatic heterocycles. The summed E-state index contributed by atoms with van der Waals surface area (Å²) >= 11 is 0. The van der Waals surface area contributed by atoms with Gasteiger partial charge in [0.1, 0.15) is 12.3 Å². The molecule has 1 heterocycles. The Kier molecular flexibility index (Phi) is 4.41. The van der Waals surface area contributed by atoms with Crippen LogP contribution >= 0.6 is 0 Å². The number of hydrogen-bond acceptors (Lipinski definition) is 4. The number of benzene rings is 1. The van der Waals surface area contributed by atoms with Gasteiger partial charge in [0.2, 0.25) is 0 Å². The molecule has 1 aliphatic rings. The predicted molar refractivity (Wildman–Crippen MR) is 72.9 cm³/mol. The molecule has 2 amide bonds. The normalized spacial score (nSPS) is 14.9. The summed E-state index contributed by atoms with van der Waals surface area (Å²) in [6.45, 7) is 2.08. The molecule has 1 aliphatic heterocycles. The molecular weight excluding hydrogens is 262 g/mol. The summed E-state index contributed by atoms with van der Waals surface area (Å²) in [5.74, 6) is -1.01. The van der Waals surface area contributed by atoms with Gasteiger partial charge in [-0.2, -0.15) is 0 Å². The van der Waals surface area contributed by atoms with Crippen molar-refractivity contribution in [2.75, 3.05) is 37.6 Å². The monoisotopic (exact) mass is 279 g/mol. The summed E-state index contributed by atoms with van der Waals surface area (Å²) in [6.07, 6.45) is 0. The molecule has 1 saturated heterocycles. The number of nitrogens with one attached hydrogen (secondary N) is 1. The quantitative estimate of drug-likeness (QED) is 0.740. The number of carbonyl (C=O) groups is 2. The van der Waals surface area contributed by atoms with Gasteiger partial charge in [-0.25, -0.2) is 4.79 Å². The number of hydrogen-bond donors (Lipinski definition) is 3. The van der Waals surface area contributed by atoms with E-state index in [2.05, 4.69) is 5.32 Å². The molecule has 0 bridgehead atoms. The molecule has 7 nitrogen and oxygen atoms in total. The lowest BCUT2D eigenvalue weighted by Gasteiger charge is -2.32. The van der Waals surface area contributed by atoms with Crippen LogP contribution in [-0.2, 0) is 4.79 Å². The van der Waals surface area contributed by atoms with Gasteiger partial charge in [0, 0.05) is 31.9 Å². The second-order valence-electron chi connectivity index (χ2n) is 4.52. The van der Waals surface area contributed by atoms with Crippen molar-refractivity contribution in [1.29, 1.82) is 0 Å². The van der Waals surface area contributed by atoms with Crippen molar-refractivity contribution in [1.82, 2.24) is 10.2 Å². The van der Waals surface area contributed by atoms with Crippen molar-refractivity contribution in [3.05, 3.63) is 24.3 Å². The largest absolute Gasteiger partial charge is 0.508 e. The number of phenols is 1. The van der Waals surface area contributed by atoms with Crippen molar-refractivity contribution in [2.24, 2.45) is 0 Å². The second-order valence-corrected chi connectivity index (χ2v) is 4.52. The number of piperazine rings is 1. The Bertz CT molecular complexity index is 483. The van der Waals surface area contributed by atoms with Crippen LogP contribution in [0.25, 0.3) is 0 Å². The number of anilines is 1. The zero-order chi connectivity index (χ0) is 14.5.